The second-order valence-electron chi connectivity index (χ2n) is 6.94. The molecule has 0 unspecified atom stereocenters. The number of carbonyl (C=O) groups excluding carboxylic acids is 1. The van der Waals surface area contributed by atoms with Crippen LogP contribution in [0.2, 0.25) is 5.02 Å². The summed E-state index contributed by atoms with van der Waals surface area (Å²) in [6, 6.07) is 9.69. The Morgan fingerprint density at radius 3 is 2.59 bits per heavy atom. The number of hydrogen-bond donors (Lipinski definition) is 1. The molecule has 1 aromatic heterocycles. The van der Waals surface area contributed by atoms with Crippen LogP contribution in [-0.4, -0.2) is 29.8 Å². The zero-order chi connectivity index (χ0) is 21.1. The molecule has 0 saturated carbocycles. The van der Waals surface area contributed by atoms with E-state index in [4.69, 9.17) is 21.1 Å². The molecule has 2 aromatic carbocycles. The van der Waals surface area contributed by atoms with Crippen LogP contribution in [0.25, 0.3) is 10.9 Å². The molecule has 0 aliphatic heterocycles. The molecule has 29 heavy (non-hydrogen) atoms. The smallest absolute Gasteiger partial charge is 0.280 e. The Balaban J connectivity index is 2.09. The van der Waals surface area contributed by atoms with Crippen molar-refractivity contribution >= 4 is 28.4 Å². The van der Waals surface area contributed by atoms with Crippen LogP contribution >= 0.6 is 11.6 Å². The molecule has 0 fully saturated rings. The van der Waals surface area contributed by atoms with E-state index in [-0.39, 0.29) is 17.0 Å². The van der Waals surface area contributed by atoms with Gasteiger partial charge in [-0.3, -0.25) is 15.0 Å². The van der Waals surface area contributed by atoms with Crippen LogP contribution in [0.15, 0.2) is 41.2 Å². The van der Waals surface area contributed by atoms with Gasteiger partial charge in [0.2, 0.25) is 0 Å². The standard InChI is InChI=1S/C21H22ClN3O4/c1-12(2)9-19-23-17-10-13(22)5-7-15(17)21(27)25(19)24-20(26)16-8-6-14(28-3)11-18(16)29-4/h5-8,10-12H,9H2,1-4H3,(H,24,26). The number of carbonyl (C=O) groups is 1. The van der Waals surface area contributed by atoms with Crippen molar-refractivity contribution in [1.82, 2.24) is 9.66 Å². The highest BCUT2D eigenvalue weighted by atomic mass is 35.5. The van der Waals surface area contributed by atoms with Gasteiger partial charge in [0.15, 0.2) is 0 Å². The molecule has 8 heteroatoms. The first kappa shape index (κ1) is 20.7. The maximum absolute atomic E-state index is 13.1. The number of nitrogens with one attached hydrogen (secondary N) is 1. The lowest BCUT2D eigenvalue weighted by Gasteiger charge is -2.17. The van der Waals surface area contributed by atoms with Crippen molar-refractivity contribution in [2.45, 2.75) is 20.3 Å². The highest BCUT2D eigenvalue weighted by Crippen LogP contribution is 2.25. The Bertz CT molecular complexity index is 1120. The molecule has 1 heterocycles. The maximum atomic E-state index is 13.1. The van der Waals surface area contributed by atoms with Crippen LogP contribution in [0.1, 0.15) is 30.0 Å². The second kappa shape index (κ2) is 8.53. The predicted molar refractivity (Wildman–Crippen MR) is 113 cm³/mol. The van der Waals surface area contributed by atoms with E-state index >= 15 is 0 Å². The fourth-order valence-electron chi connectivity index (χ4n) is 2.97. The number of methoxy groups -OCH3 is 2. The van der Waals surface area contributed by atoms with Crippen LogP contribution in [0.5, 0.6) is 11.5 Å². The second-order valence-corrected chi connectivity index (χ2v) is 7.37. The molecule has 3 rings (SSSR count). The molecule has 1 amide bonds. The van der Waals surface area contributed by atoms with Crippen molar-refractivity contribution in [1.29, 1.82) is 0 Å². The average Bonchev–Trinajstić information content (AvgIpc) is 2.69. The molecule has 0 aliphatic rings. The number of amides is 1. The summed E-state index contributed by atoms with van der Waals surface area (Å²) in [5.41, 5.74) is 3.06. The van der Waals surface area contributed by atoms with Crippen molar-refractivity contribution < 1.29 is 14.3 Å². The molecule has 0 spiro atoms. The number of aromatic nitrogens is 2. The van der Waals surface area contributed by atoms with Gasteiger partial charge in [0.1, 0.15) is 17.3 Å². The van der Waals surface area contributed by atoms with E-state index in [0.29, 0.717) is 39.7 Å². The van der Waals surface area contributed by atoms with E-state index in [1.165, 1.54) is 18.9 Å². The van der Waals surface area contributed by atoms with E-state index in [2.05, 4.69) is 10.4 Å². The number of ether oxygens (including phenoxy) is 2. The Hall–Kier alpha value is -3.06. The molecular weight excluding hydrogens is 394 g/mol. The van der Waals surface area contributed by atoms with Gasteiger partial charge < -0.3 is 9.47 Å². The Labute approximate surface area is 173 Å². The molecule has 1 N–H and O–H groups in total. The minimum Gasteiger partial charge on any atom is -0.497 e. The van der Waals surface area contributed by atoms with Crippen LogP contribution in [0.3, 0.4) is 0 Å². The SMILES string of the molecule is COc1ccc(C(=O)Nn2c(CC(C)C)nc3cc(Cl)ccc3c2=O)c(OC)c1. The average molecular weight is 416 g/mol. The van der Waals surface area contributed by atoms with Crippen LogP contribution < -0.4 is 20.5 Å². The summed E-state index contributed by atoms with van der Waals surface area (Å²) in [6.07, 6.45) is 0.498. The molecular formula is C21H22ClN3O4. The maximum Gasteiger partial charge on any atom is 0.280 e. The summed E-state index contributed by atoms with van der Waals surface area (Å²) in [7, 11) is 2.99. The number of halogens is 1. The summed E-state index contributed by atoms with van der Waals surface area (Å²) in [6.45, 7) is 4.01. The van der Waals surface area contributed by atoms with Crippen molar-refractivity contribution in [2.75, 3.05) is 19.6 Å². The summed E-state index contributed by atoms with van der Waals surface area (Å²) in [5, 5.41) is 0.855. The first-order valence-corrected chi connectivity index (χ1v) is 9.46. The predicted octanol–water partition coefficient (Wildman–Crippen LogP) is 3.65. The summed E-state index contributed by atoms with van der Waals surface area (Å²) in [5.74, 6) is 1.06. The van der Waals surface area contributed by atoms with Crippen molar-refractivity contribution in [3.8, 4) is 11.5 Å². The third kappa shape index (κ3) is 4.35. The lowest BCUT2D eigenvalue weighted by atomic mass is 10.1. The zero-order valence-corrected chi connectivity index (χ0v) is 17.4. The third-order valence-corrected chi connectivity index (χ3v) is 4.59. The molecule has 0 saturated heterocycles. The minimum absolute atomic E-state index is 0.220. The highest BCUT2D eigenvalue weighted by molar-refractivity contribution is 6.31. The number of rotatable bonds is 6. The lowest BCUT2D eigenvalue weighted by molar-refractivity contribution is 0.100. The van der Waals surface area contributed by atoms with E-state index in [0.717, 1.165) is 0 Å². The quantitative estimate of drug-likeness (QED) is 0.664. The summed E-state index contributed by atoms with van der Waals surface area (Å²) >= 11 is 6.05. The largest absolute Gasteiger partial charge is 0.497 e. The van der Waals surface area contributed by atoms with Crippen molar-refractivity contribution in [3.63, 3.8) is 0 Å². The highest BCUT2D eigenvalue weighted by Gasteiger charge is 2.18. The number of benzene rings is 2. The number of hydrogen-bond acceptors (Lipinski definition) is 5. The van der Waals surface area contributed by atoms with Gasteiger partial charge >= 0.3 is 0 Å². The first-order chi connectivity index (χ1) is 13.8. The number of nitrogens with zero attached hydrogens (tertiary/aromatic N) is 2. The fourth-order valence-corrected chi connectivity index (χ4v) is 3.14. The van der Waals surface area contributed by atoms with Gasteiger partial charge in [-0.15, -0.1) is 0 Å². The van der Waals surface area contributed by atoms with Gasteiger partial charge in [-0.1, -0.05) is 25.4 Å². The van der Waals surface area contributed by atoms with Gasteiger partial charge in [0.25, 0.3) is 11.5 Å². The van der Waals surface area contributed by atoms with E-state index < -0.39 is 5.91 Å². The van der Waals surface area contributed by atoms with Crippen LogP contribution in [0.4, 0.5) is 0 Å². The zero-order valence-electron chi connectivity index (χ0n) is 16.7. The van der Waals surface area contributed by atoms with Gasteiger partial charge in [-0.25, -0.2) is 9.66 Å². The monoisotopic (exact) mass is 415 g/mol. The van der Waals surface area contributed by atoms with Gasteiger partial charge in [0.05, 0.1) is 30.7 Å². The van der Waals surface area contributed by atoms with Crippen LogP contribution in [0, 0.1) is 5.92 Å². The Kier molecular flexibility index (Phi) is 6.08. The topological polar surface area (TPSA) is 82.5 Å². The Morgan fingerprint density at radius 1 is 1.17 bits per heavy atom. The van der Waals surface area contributed by atoms with Gasteiger partial charge in [0, 0.05) is 17.5 Å². The molecule has 0 bridgehead atoms. The van der Waals surface area contributed by atoms with E-state index in [9.17, 15) is 9.59 Å². The minimum atomic E-state index is -0.494. The molecule has 0 aliphatic carbocycles. The van der Waals surface area contributed by atoms with Gasteiger partial charge in [-0.05, 0) is 36.2 Å². The molecule has 0 radical (unpaired) electrons. The van der Waals surface area contributed by atoms with Gasteiger partial charge in [-0.2, -0.15) is 0 Å². The van der Waals surface area contributed by atoms with Crippen molar-refractivity contribution in [3.05, 3.63) is 63.2 Å². The molecule has 152 valence electrons. The first-order valence-electron chi connectivity index (χ1n) is 9.08. The van der Waals surface area contributed by atoms with E-state index in [1.807, 2.05) is 13.8 Å². The normalized spacial score (nSPS) is 11.0. The van der Waals surface area contributed by atoms with Crippen molar-refractivity contribution in [2.24, 2.45) is 5.92 Å². The summed E-state index contributed by atoms with van der Waals surface area (Å²) in [4.78, 5) is 30.6. The molecule has 7 nitrogen and oxygen atoms in total. The fraction of sp³-hybridized carbons (Fsp3) is 0.286. The Morgan fingerprint density at radius 2 is 1.93 bits per heavy atom. The number of fused-ring (bicyclic) bond motifs is 1. The molecule has 0 atom stereocenters. The molecule has 3 aromatic rings. The summed E-state index contributed by atoms with van der Waals surface area (Å²) < 4.78 is 11.7. The lowest BCUT2D eigenvalue weighted by Crippen LogP contribution is -2.37. The third-order valence-electron chi connectivity index (χ3n) is 4.36. The van der Waals surface area contributed by atoms with Crippen LogP contribution in [-0.2, 0) is 6.42 Å². The van der Waals surface area contributed by atoms with E-state index in [1.54, 1.807) is 36.4 Å².